The van der Waals surface area contributed by atoms with E-state index in [1.165, 1.54) is 13.2 Å². The van der Waals surface area contributed by atoms with Gasteiger partial charge >= 0.3 is 6.18 Å². The summed E-state index contributed by atoms with van der Waals surface area (Å²) in [4.78, 5) is 7.54. The van der Waals surface area contributed by atoms with E-state index in [0.29, 0.717) is 23.8 Å². The van der Waals surface area contributed by atoms with Gasteiger partial charge in [-0.15, -0.1) is 0 Å². The van der Waals surface area contributed by atoms with Crippen molar-refractivity contribution >= 4 is 5.69 Å². The number of methoxy groups -OCH3 is 1. The smallest absolute Gasteiger partial charge is 0.433 e. The van der Waals surface area contributed by atoms with Crippen molar-refractivity contribution in [3.8, 4) is 5.88 Å². The van der Waals surface area contributed by atoms with Crippen molar-refractivity contribution in [2.24, 2.45) is 0 Å². The van der Waals surface area contributed by atoms with Crippen molar-refractivity contribution < 1.29 is 17.9 Å². The summed E-state index contributed by atoms with van der Waals surface area (Å²) in [6.45, 7) is 0.365. The third-order valence-electron chi connectivity index (χ3n) is 2.52. The fraction of sp³-hybridized carbons (Fsp3) is 0.231. The predicted octanol–water partition coefficient (Wildman–Crippen LogP) is 3.12. The van der Waals surface area contributed by atoms with Gasteiger partial charge in [0, 0.05) is 6.07 Å². The summed E-state index contributed by atoms with van der Waals surface area (Å²) in [5, 5.41) is 2.94. The standard InChI is InChI=1S/C13H12F3N3O/c1-20-12-4-2-3-10(19-12)8-17-9-5-6-11(18-7-9)13(14,15)16/h2-7,17H,8H2,1H3. The maximum atomic E-state index is 12.3. The molecular weight excluding hydrogens is 271 g/mol. The summed E-state index contributed by atoms with van der Waals surface area (Å²) >= 11 is 0. The highest BCUT2D eigenvalue weighted by Gasteiger charge is 2.31. The van der Waals surface area contributed by atoms with Gasteiger partial charge in [0.25, 0.3) is 0 Å². The van der Waals surface area contributed by atoms with Gasteiger partial charge in [-0.3, -0.25) is 0 Å². The second-order valence-corrected chi connectivity index (χ2v) is 3.95. The van der Waals surface area contributed by atoms with Crippen molar-refractivity contribution in [1.29, 1.82) is 0 Å². The van der Waals surface area contributed by atoms with E-state index in [1.807, 2.05) is 0 Å². The first-order valence-electron chi connectivity index (χ1n) is 5.76. The van der Waals surface area contributed by atoms with Crippen LogP contribution in [-0.2, 0) is 12.7 Å². The van der Waals surface area contributed by atoms with Gasteiger partial charge in [0.2, 0.25) is 5.88 Å². The van der Waals surface area contributed by atoms with Crippen LogP contribution in [0, 0.1) is 0 Å². The molecule has 4 nitrogen and oxygen atoms in total. The van der Waals surface area contributed by atoms with Crippen LogP contribution in [0.4, 0.5) is 18.9 Å². The number of hydrogen-bond acceptors (Lipinski definition) is 4. The van der Waals surface area contributed by atoms with Gasteiger partial charge in [0.05, 0.1) is 31.2 Å². The molecular formula is C13H12F3N3O. The molecule has 106 valence electrons. The molecule has 1 N–H and O–H groups in total. The molecule has 0 bridgehead atoms. The highest BCUT2D eigenvalue weighted by molar-refractivity contribution is 5.41. The maximum absolute atomic E-state index is 12.3. The number of halogens is 3. The molecule has 0 aliphatic rings. The van der Waals surface area contributed by atoms with Crippen LogP contribution in [0.2, 0.25) is 0 Å². The number of aromatic nitrogens is 2. The van der Waals surface area contributed by atoms with E-state index in [-0.39, 0.29) is 0 Å². The molecule has 0 aliphatic heterocycles. The predicted molar refractivity (Wildman–Crippen MR) is 67.4 cm³/mol. The van der Waals surface area contributed by atoms with Crippen molar-refractivity contribution in [3.05, 3.63) is 47.9 Å². The van der Waals surface area contributed by atoms with Crippen LogP contribution in [0.3, 0.4) is 0 Å². The van der Waals surface area contributed by atoms with Crippen molar-refractivity contribution in [3.63, 3.8) is 0 Å². The van der Waals surface area contributed by atoms with Crippen LogP contribution in [0.15, 0.2) is 36.5 Å². The third-order valence-corrected chi connectivity index (χ3v) is 2.52. The summed E-state index contributed by atoms with van der Waals surface area (Å²) < 4.78 is 42.0. The molecule has 0 atom stereocenters. The van der Waals surface area contributed by atoms with Crippen molar-refractivity contribution in [2.75, 3.05) is 12.4 Å². The molecule has 0 unspecified atom stereocenters. The molecule has 2 rings (SSSR count). The van der Waals surface area contributed by atoms with Gasteiger partial charge in [-0.25, -0.2) is 9.97 Å². The molecule has 0 saturated heterocycles. The average Bonchev–Trinajstić information content (AvgIpc) is 2.45. The molecule has 2 aromatic rings. The number of hydrogen-bond donors (Lipinski definition) is 1. The Morgan fingerprint density at radius 3 is 2.60 bits per heavy atom. The molecule has 2 aromatic heterocycles. The molecule has 0 aromatic carbocycles. The minimum atomic E-state index is -4.42. The average molecular weight is 283 g/mol. The zero-order valence-corrected chi connectivity index (χ0v) is 10.6. The Hall–Kier alpha value is -2.31. The number of rotatable bonds is 4. The van der Waals surface area contributed by atoms with Crippen LogP contribution in [0.1, 0.15) is 11.4 Å². The minimum absolute atomic E-state index is 0.365. The summed E-state index contributed by atoms with van der Waals surface area (Å²) in [5.74, 6) is 0.481. The van der Waals surface area contributed by atoms with Crippen molar-refractivity contribution in [1.82, 2.24) is 9.97 Å². The second kappa shape index (κ2) is 5.77. The summed E-state index contributed by atoms with van der Waals surface area (Å²) in [7, 11) is 1.51. The fourth-order valence-electron chi connectivity index (χ4n) is 1.53. The third kappa shape index (κ3) is 3.59. The van der Waals surface area contributed by atoms with E-state index < -0.39 is 11.9 Å². The Bertz CT molecular complexity index is 570. The highest BCUT2D eigenvalue weighted by atomic mass is 19.4. The number of nitrogens with zero attached hydrogens (tertiary/aromatic N) is 2. The zero-order valence-electron chi connectivity index (χ0n) is 10.6. The van der Waals surface area contributed by atoms with Gasteiger partial charge in [-0.2, -0.15) is 13.2 Å². The second-order valence-electron chi connectivity index (χ2n) is 3.95. The molecule has 0 spiro atoms. The summed E-state index contributed by atoms with van der Waals surface area (Å²) in [6.07, 6.45) is -3.28. The SMILES string of the molecule is COc1cccc(CNc2ccc(C(F)(F)F)nc2)n1. The van der Waals surface area contributed by atoms with E-state index in [2.05, 4.69) is 15.3 Å². The van der Waals surface area contributed by atoms with Gasteiger partial charge < -0.3 is 10.1 Å². The molecule has 0 fully saturated rings. The van der Waals surface area contributed by atoms with Crippen LogP contribution in [0.5, 0.6) is 5.88 Å². The molecule has 2 heterocycles. The van der Waals surface area contributed by atoms with Crippen molar-refractivity contribution in [2.45, 2.75) is 12.7 Å². The lowest BCUT2D eigenvalue weighted by molar-refractivity contribution is -0.141. The van der Waals surface area contributed by atoms with Crippen LogP contribution in [0.25, 0.3) is 0 Å². The maximum Gasteiger partial charge on any atom is 0.433 e. The fourth-order valence-corrected chi connectivity index (χ4v) is 1.53. The lowest BCUT2D eigenvalue weighted by atomic mass is 10.3. The van der Waals surface area contributed by atoms with Gasteiger partial charge in [-0.05, 0) is 18.2 Å². The Morgan fingerprint density at radius 1 is 1.20 bits per heavy atom. The Balaban J connectivity index is 2.00. The van der Waals surface area contributed by atoms with E-state index in [0.717, 1.165) is 12.3 Å². The summed E-state index contributed by atoms with van der Waals surface area (Å²) in [5.41, 5.74) is 0.287. The Kier molecular flexibility index (Phi) is 4.07. The molecule has 0 saturated carbocycles. The van der Waals surface area contributed by atoms with Gasteiger partial charge in [0.15, 0.2) is 0 Å². The first kappa shape index (κ1) is 14.1. The number of alkyl halides is 3. The normalized spacial score (nSPS) is 11.2. The highest BCUT2D eigenvalue weighted by Crippen LogP contribution is 2.27. The minimum Gasteiger partial charge on any atom is -0.481 e. The van der Waals surface area contributed by atoms with Gasteiger partial charge in [0.1, 0.15) is 5.69 Å². The lowest BCUT2D eigenvalue weighted by Gasteiger charge is -2.09. The molecule has 0 aliphatic carbocycles. The number of pyridine rings is 2. The molecule has 0 radical (unpaired) electrons. The first-order chi connectivity index (χ1) is 9.49. The van der Waals surface area contributed by atoms with Gasteiger partial charge in [-0.1, -0.05) is 6.07 Å². The summed E-state index contributed by atoms with van der Waals surface area (Å²) in [6, 6.07) is 7.54. The van der Waals surface area contributed by atoms with Crippen LogP contribution in [-0.4, -0.2) is 17.1 Å². The number of nitrogens with one attached hydrogen (secondary N) is 1. The van der Waals surface area contributed by atoms with E-state index in [1.54, 1.807) is 18.2 Å². The Labute approximate surface area is 113 Å². The van der Waals surface area contributed by atoms with Crippen LogP contribution >= 0.6 is 0 Å². The lowest BCUT2D eigenvalue weighted by Crippen LogP contribution is -2.08. The molecule has 7 heteroatoms. The number of anilines is 1. The molecule has 20 heavy (non-hydrogen) atoms. The topological polar surface area (TPSA) is 47.0 Å². The molecule has 0 amide bonds. The largest absolute Gasteiger partial charge is 0.481 e. The van der Waals surface area contributed by atoms with E-state index in [9.17, 15) is 13.2 Å². The first-order valence-corrected chi connectivity index (χ1v) is 5.76. The quantitative estimate of drug-likeness (QED) is 0.936. The van der Waals surface area contributed by atoms with E-state index in [4.69, 9.17) is 4.74 Å². The van der Waals surface area contributed by atoms with Crippen LogP contribution < -0.4 is 10.1 Å². The van der Waals surface area contributed by atoms with E-state index >= 15 is 0 Å². The monoisotopic (exact) mass is 283 g/mol. The number of ether oxygens (including phenoxy) is 1. The zero-order chi connectivity index (χ0) is 14.6. The Morgan fingerprint density at radius 2 is 2.00 bits per heavy atom.